The molecule has 1 fully saturated rings. The minimum absolute atomic E-state index is 0.388. The molecule has 19 heavy (non-hydrogen) atoms. The Morgan fingerprint density at radius 3 is 2.84 bits per heavy atom. The molecule has 0 aromatic carbocycles. The van der Waals surface area contributed by atoms with Crippen LogP contribution in [0.25, 0.3) is 0 Å². The molecule has 0 spiro atoms. The lowest BCUT2D eigenvalue weighted by molar-refractivity contribution is -0.00512. The molecule has 4 nitrogen and oxygen atoms in total. The van der Waals surface area contributed by atoms with E-state index < -0.39 is 0 Å². The fraction of sp³-hybridized carbons (Fsp3) is 0.733. The molecule has 0 aliphatic carbocycles. The minimum Gasteiger partial charge on any atom is -0.462 e. The first-order valence-corrected chi connectivity index (χ1v) is 7.28. The highest BCUT2D eigenvalue weighted by molar-refractivity contribution is 5.19. The first kappa shape index (κ1) is 14.6. The van der Waals surface area contributed by atoms with Gasteiger partial charge in [-0.2, -0.15) is 0 Å². The molecular weight excluding hydrogens is 240 g/mol. The third-order valence-corrected chi connectivity index (χ3v) is 3.73. The van der Waals surface area contributed by atoms with Gasteiger partial charge < -0.3 is 19.4 Å². The van der Waals surface area contributed by atoms with E-state index in [0.29, 0.717) is 12.7 Å². The zero-order valence-electron chi connectivity index (χ0n) is 12.4. The topological polar surface area (TPSA) is 37.6 Å². The van der Waals surface area contributed by atoms with Crippen molar-refractivity contribution in [1.29, 1.82) is 0 Å². The number of aryl methyl sites for hydroxylation is 1. The minimum atomic E-state index is 0.388. The standard InChI is InChI=1S/C15H26N2O2/c1-4-16-10-15-12(2)9-14(19-15)11-18-13-5-7-17(3)8-6-13/h9,13,16H,4-8,10-11H2,1-3H3. The highest BCUT2D eigenvalue weighted by Gasteiger charge is 2.17. The van der Waals surface area contributed by atoms with Crippen LogP contribution >= 0.6 is 0 Å². The molecule has 0 radical (unpaired) electrons. The van der Waals surface area contributed by atoms with Gasteiger partial charge in [-0.25, -0.2) is 0 Å². The smallest absolute Gasteiger partial charge is 0.130 e. The molecule has 2 rings (SSSR count). The van der Waals surface area contributed by atoms with E-state index in [4.69, 9.17) is 9.15 Å². The Labute approximate surface area is 116 Å². The predicted octanol–water partition coefficient (Wildman–Crippen LogP) is 2.31. The maximum Gasteiger partial charge on any atom is 0.130 e. The van der Waals surface area contributed by atoms with Gasteiger partial charge in [-0.05, 0) is 45.0 Å². The summed E-state index contributed by atoms with van der Waals surface area (Å²) in [6.07, 6.45) is 2.64. The van der Waals surface area contributed by atoms with Crippen molar-refractivity contribution in [2.45, 2.75) is 45.9 Å². The van der Waals surface area contributed by atoms with Gasteiger partial charge in [0, 0.05) is 13.1 Å². The Bertz CT molecular complexity index is 381. The van der Waals surface area contributed by atoms with Crippen molar-refractivity contribution in [2.75, 3.05) is 26.7 Å². The monoisotopic (exact) mass is 266 g/mol. The van der Waals surface area contributed by atoms with Gasteiger partial charge in [0.15, 0.2) is 0 Å². The second kappa shape index (κ2) is 7.08. The highest BCUT2D eigenvalue weighted by atomic mass is 16.5. The van der Waals surface area contributed by atoms with E-state index in [1.807, 2.05) is 0 Å². The summed E-state index contributed by atoms with van der Waals surface area (Å²) in [4.78, 5) is 2.35. The largest absolute Gasteiger partial charge is 0.462 e. The highest BCUT2D eigenvalue weighted by Crippen LogP contribution is 2.18. The van der Waals surface area contributed by atoms with Crippen LogP contribution in [0.4, 0.5) is 0 Å². The van der Waals surface area contributed by atoms with Crippen LogP contribution in [-0.4, -0.2) is 37.7 Å². The molecular formula is C15H26N2O2. The van der Waals surface area contributed by atoms with E-state index in [2.05, 4.69) is 37.2 Å². The summed E-state index contributed by atoms with van der Waals surface area (Å²) in [5.74, 6) is 1.98. The zero-order valence-corrected chi connectivity index (χ0v) is 12.4. The Morgan fingerprint density at radius 2 is 2.16 bits per heavy atom. The lowest BCUT2D eigenvalue weighted by Gasteiger charge is -2.28. The summed E-state index contributed by atoms with van der Waals surface area (Å²) < 4.78 is 11.8. The fourth-order valence-electron chi connectivity index (χ4n) is 2.43. The van der Waals surface area contributed by atoms with E-state index in [-0.39, 0.29) is 0 Å². The fourth-order valence-corrected chi connectivity index (χ4v) is 2.43. The molecule has 0 amide bonds. The molecule has 108 valence electrons. The van der Waals surface area contributed by atoms with Crippen LogP contribution in [0.1, 0.15) is 36.8 Å². The lowest BCUT2D eigenvalue weighted by Crippen LogP contribution is -2.34. The van der Waals surface area contributed by atoms with Crippen molar-refractivity contribution < 1.29 is 9.15 Å². The van der Waals surface area contributed by atoms with Crippen LogP contribution in [0, 0.1) is 6.92 Å². The van der Waals surface area contributed by atoms with Crippen LogP contribution in [0.3, 0.4) is 0 Å². The molecule has 2 heterocycles. The van der Waals surface area contributed by atoms with E-state index in [9.17, 15) is 0 Å². The second-order valence-electron chi connectivity index (χ2n) is 5.41. The molecule has 1 N–H and O–H groups in total. The van der Waals surface area contributed by atoms with Crippen molar-refractivity contribution in [3.63, 3.8) is 0 Å². The van der Waals surface area contributed by atoms with E-state index in [0.717, 1.165) is 50.5 Å². The van der Waals surface area contributed by atoms with Crippen LogP contribution < -0.4 is 5.32 Å². The van der Waals surface area contributed by atoms with Crippen molar-refractivity contribution in [3.8, 4) is 0 Å². The van der Waals surface area contributed by atoms with Gasteiger partial charge in [-0.1, -0.05) is 6.92 Å². The summed E-state index contributed by atoms with van der Waals surface area (Å²) in [7, 11) is 2.17. The maximum atomic E-state index is 5.95. The number of ether oxygens (including phenoxy) is 1. The maximum absolute atomic E-state index is 5.95. The van der Waals surface area contributed by atoms with E-state index in [1.165, 1.54) is 5.56 Å². The number of hydrogen-bond acceptors (Lipinski definition) is 4. The molecule has 1 saturated heterocycles. The third-order valence-electron chi connectivity index (χ3n) is 3.73. The van der Waals surface area contributed by atoms with Gasteiger partial charge in [-0.15, -0.1) is 0 Å². The van der Waals surface area contributed by atoms with Gasteiger partial charge in [0.2, 0.25) is 0 Å². The Kier molecular flexibility index (Phi) is 5.43. The molecule has 0 saturated carbocycles. The number of rotatable bonds is 6. The molecule has 1 aliphatic rings. The molecule has 4 heteroatoms. The Morgan fingerprint density at radius 1 is 1.42 bits per heavy atom. The number of likely N-dealkylation sites (tertiary alicyclic amines) is 1. The summed E-state index contributed by atoms with van der Waals surface area (Å²) in [6.45, 7) is 8.82. The van der Waals surface area contributed by atoms with E-state index in [1.54, 1.807) is 0 Å². The molecule has 1 aromatic rings. The van der Waals surface area contributed by atoms with Crippen molar-refractivity contribution in [1.82, 2.24) is 10.2 Å². The number of nitrogens with zero attached hydrogens (tertiary/aromatic N) is 1. The SMILES string of the molecule is CCNCc1oc(COC2CCN(C)CC2)cc1C. The van der Waals surface area contributed by atoms with Crippen LogP contribution in [-0.2, 0) is 17.9 Å². The van der Waals surface area contributed by atoms with Crippen LogP contribution in [0.15, 0.2) is 10.5 Å². The number of piperidine rings is 1. The number of hydrogen-bond donors (Lipinski definition) is 1. The number of nitrogens with one attached hydrogen (secondary N) is 1. The zero-order chi connectivity index (χ0) is 13.7. The third kappa shape index (κ3) is 4.34. The quantitative estimate of drug-likeness (QED) is 0.857. The van der Waals surface area contributed by atoms with Crippen LogP contribution in [0.5, 0.6) is 0 Å². The number of furan rings is 1. The Hall–Kier alpha value is -0.840. The van der Waals surface area contributed by atoms with Crippen molar-refractivity contribution >= 4 is 0 Å². The van der Waals surface area contributed by atoms with Crippen LogP contribution in [0.2, 0.25) is 0 Å². The summed E-state index contributed by atoms with van der Waals surface area (Å²) >= 11 is 0. The first-order valence-electron chi connectivity index (χ1n) is 7.28. The summed E-state index contributed by atoms with van der Waals surface area (Å²) in [5, 5.41) is 3.29. The molecule has 0 unspecified atom stereocenters. The van der Waals surface area contributed by atoms with Gasteiger partial charge in [-0.3, -0.25) is 0 Å². The molecule has 0 bridgehead atoms. The van der Waals surface area contributed by atoms with Crippen molar-refractivity contribution in [2.24, 2.45) is 0 Å². The average Bonchev–Trinajstić information content (AvgIpc) is 2.76. The van der Waals surface area contributed by atoms with Crippen molar-refractivity contribution in [3.05, 3.63) is 23.2 Å². The molecule has 1 aliphatic heterocycles. The van der Waals surface area contributed by atoms with Gasteiger partial charge in [0.05, 0.1) is 12.6 Å². The molecule has 0 atom stereocenters. The summed E-state index contributed by atoms with van der Waals surface area (Å²) in [5.41, 5.74) is 1.21. The predicted molar refractivity (Wildman–Crippen MR) is 76.1 cm³/mol. The van der Waals surface area contributed by atoms with Gasteiger partial charge >= 0.3 is 0 Å². The van der Waals surface area contributed by atoms with E-state index >= 15 is 0 Å². The normalized spacial score (nSPS) is 18.1. The Balaban J connectivity index is 1.79. The average molecular weight is 266 g/mol. The lowest BCUT2D eigenvalue weighted by atomic mass is 10.1. The summed E-state index contributed by atoms with van der Waals surface area (Å²) in [6, 6.07) is 2.10. The van der Waals surface area contributed by atoms with Gasteiger partial charge in [0.1, 0.15) is 18.1 Å². The van der Waals surface area contributed by atoms with Gasteiger partial charge in [0.25, 0.3) is 0 Å². The first-order chi connectivity index (χ1) is 9.19. The second-order valence-corrected chi connectivity index (χ2v) is 5.41. The molecule has 1 aromatic heterocycles.